The van der Waals surface area contributed by atoms with Gasteiger partial charge in [-0.2, -0.15) is 0 Å². The minimum absolute atomic E-state index is 0.0691. The highest BCUT2D eigenvalue weighted by Crippen LogP contribution is 2.35. The molecule has 2 nitrogen and oxygen atoms in total. The summed E-state index contributed by atoms with van der Waals surface area (Å²) in [4.78, 5) is 0. The maximum Gasteiger partial charge on any atom is 0.219 e. The van der Waals surface area contributed by atoms with Crippen molar-refractivity contribution in [3.63, 3.8) is 0 Å². The highest BCUT2D eigenvalue weighted by Gasteiger charge is 2.32. The number of halogens is 4. The maximum atomic E-state index is 13.6. The summed E-state index contributed by atoms with van der Waals surface area (Å²) in [6, 6.07) is 6.17. The van der Waals surface area contributed by atoms with E-state index in [4.69, 9.17) is 11.6 Å². The summed E-state index contributed by atoms with van der Waals surface area (Å²) in [5.74, 6) is -4.33. The molecule has 0 radical (unpaired) electrons. The standard InChI is InChI=1S/C14H10BrClF2O2/c1-7-12(17)4-8(5-13(7)18)14(19,20)10-6-9(15)2-3-11(10)16/h2-6,19-20H,1H3. The molecule has 0 aliphatic heterocycles. The van der Waals surface area contributed by atoms with Gasteiger partial charge in [0.2, 0.25) is 5.79 Å². The van der Waals surface area contributed by atoms with Gasteiger partial charge in [0, 0.05) is 26.2 Å². The summed E-state index contributed by atoms with van der Waals surface area (Å²) in [6.07, 6.45) is 0. The zero-order valence-corrected chi connectivity index (χ0v) is 12.6. The summed E-state index contributed by atoms with van der Waals surface area (Å²) in [6.45, 7) is 1.26. The third kappa shape index (κ3) is 2.72. The zero-order valence-electron chi connectivity index (χ0n) is 10.3. The normalized spacial score (nSPS) is 11.8. The maximum absolute atomic E-state index is 13.6. The SMILES string of the molecule is Cc1c(F)cc(C(O)(O)c2cc(Br)ccc2Cl)cc1F. The Labute approximate surface area is 127 Å². The van der Waals surface area contributed by atoms with Gasteiger partial charge < -0.3 is 10.2 Å². The molecule has 20 heavy (non-hydrogen) atoms. The largest absolute Gasteiger partial charge is 0.358 e. The fraction of sp³-hybridized carbons (Fsp3) is 0.143. The summed E-state index contributed by atoms with van der Waals surface area (Å²) >= 11 is 9.09. The van der Waals surface area contributed by atoms with E-state index < -0.39 is 17.4 Å². The Balaban J connectivity index is 2.63. The molecule has 0 saturated carbocycles. The van der Waals surface area contributed by atoms with Crippen LogP contribution in [0.4, 0.5) is 8.78 Å². The second kappa shape index (κ2) is 5.41. The van der Waals surface area contributed by atoms with E-state index in [-0.39, 0.29) is 21.7 Å². The molecule has 6 heteroatoms. The lowest BCUT2D eigenvalue weighted by Crippen LogP contribution is -2.27. The molecule has 0 bridgehead atoms. The summed E-state index contributed by atoms with van der Waals surface area (Å²) in [5, 5.41) is 20.5. The molecule has 0 atom stereocenters. The average molecular weight is 364 g/mol. The van der Waals surface area contributed by atoms with Crippen molar-refractivity contribution in [1.82, 2.24) is 0 Å². The molecule has 0 fully saturated rings. The zero-order chi connectivity index (χ0) is 15.1. The van der Waals surface area contributed by atoms with E-state index >= 15 is 0 Å². The van der Waals surface area contributed by atoms with Gasteiger partial charge in [-0.25, -0.2) is 8.78 Å². The molecule has 2 aromatic rings. The van der Waals surface area contributed by atoms with Gasteiger partial charge in [0.15, 0.2) is 0 Å². The predicted molar refractivity (Wildman–Crippen MR) is 75.5 cm³/mol. The van der Waals surface area contributed by atoms with Crippen molar-refractivity contribution in [3.8, 4) is 0 Å². The van der Waals surface area contributed by atoms with Gasteiger partial charge in [-0.05, 0) is 37.3 Å². The Morgan fingerprint density at radius 3 is 2.20 bits per heavy atom. The number of benzene rings is 2. The number of aliphatic hydroxyl groups is 2. The van der Waals surface area contributed by atoms with E-state index in [9.17, 15) is 19.0 Å². The summed E-state index contributed by atoms with van der Waals surface area (Å²) < 4.78 is 27.7. The van der Waals surface area contributed by atoms with Crippen LogP contribution in [0.25, 0.3) is 0 Å². The molecule has 0 unspecified atom stereocenters. The van der Waals surface area contributed by atoms with Gasteiger partial charge >= 0.3 is 0 Å². The molecule has 106 valence electrons. The molecule has 0 aromatic heterocycles. The first-order valence-corrected chi connectivity index (χ1v) is 6.77. The van der Waals surface area contributed by atoms with Gasteiger partial charge in [0.25, 0.3) is 0 Å². The molecule has 2 aromatic carbocycles. The van der Waals surface area contributed by atoms with Crippen molar-refractivity contribution in [2.24, 2.45) is 0 Å². The van der Waals surface area contributed by atoms with Crippen LogP contribution in [0, 0.1) is 18.6 Å². The third-order valence-corrected chi connectivity index (χ3v) is 3.81. The topological polar surface area (TPSA) is 40.5 Å². The van der Waals surface area contributed by atoms with Crippen molar-refractivity contribution in [2.45, 2.75) is 12.7 Å². The van der Waals surface area contributed by atoms with E-state index in [1.807, 2.05) is 0 Å². The molecule has 0 heterocycles. The van der Waals surface area contributed by atoms with E-state index in [2.05, 4.69) is 15.9 Å². The molecule has 0 spiro atoms. The predicted octanol–water partition coefficient (Wildman–Crippen LogP) is 3.87. The van der Waals surface area contributed by atoms with Gasteiger partial charge in [0.1, 0.15) is 11.6 Å². The molecule has 0 saturated heterocycles. The first-order valence-electron chi connectivity index (χ1n) is 5.60. The Kier molecular flexibility index (Phi) is 4.16. The van der Waals surface area contributed by atoms with Crippen molar-refractivity contribution in [1.29, 1.82) is 0 Å². The van der Waals surface area contributed by atoms with Crippen LogP contribution in [0.3, 0.4) is 0 Å². The van der Waals surface area contributed by atoms with Crippen LogP contribution in [-0.4, -0.2) is 10.2 Å². The smallest absolute Gasteiger partial charge is 0.219 e. The summed E-state index contributed by atoms with van der Waals surface area (Å²) in [7, 11) is 0. The fourth-order valence-corrected chi connectivity index (χ4v) is 2.38. The second-order valence-corrected chi connectivity index (χ2v) is 5.68. The van der Waals surface area contributed by atoms with Crippen LogP contribution in [-0.2, 0) is 5.79 Å². The molecular weight excluding hydrogens is 354 g/mol. The minimum Gasteiger partial charge on any atom is -0.358 e. The minimum atomic E-state index is -2.60. The van der Waals surface area contributed by atoms with Crippen LogP contribution in [0.2, 0.25) is 5.02 Å². The van der Waals surface area contributed by atoms with E-state index in [1.54, 1.807) is 6.07 Å². The summed E-state index contributed by atoms with van der Waals surface area (Å²) in [5.41, 5.74) is -0.598. The quantitative estimate of drug-likeness (QED) is 0.795. The highest BCUT2D eigenvalue weighted by molar-refractivity contribution is 9.10. The Morgan fingerprint density at radius 2 is 1.65 bits per heavy atom. The number of rotatable bonds is 2. The van der Waals surface area contributed by atoms with Gasteiger partial charge in [0.05, 0.1) is 0 Å². The Hall–Kier alpha value is -1.01. The van der Waals surface area contributed by atoms with Crippen molar-refractivity contribution < 1.29 is 19.0 Å². The van der Waals surface area contributed by atoms with Crippen LogP contribution in [0.5, 0.6) is 0 Å². The second-order valence-electron chi connectivity index (χ2n) is 4.36. The lowest BCUT2D eigenvalue weighted by Gasteiger charge is -2.24. The fourth-order valence-electron chi connectivity index (χ4n) is 1.77. The van der Waals surface area contributed by atoms with Crippen molar-refractivity contribution in [2.75, 3.05) is 0 Å². The van der Waals surface area contributed by atoms with Crippen LogP contribution < -0.4 is 0 Å². The average Bonchev–Trinajstić information content (AvgIpc) is 2.38. The van der Waals surface area contributed by atoms with Gasteiger partial charge in [-0.3, -0.25) is 0 Å². The highest BCUT2D eigenvalue weighted by atomic mass is 79.9. The van der Waals surface area contributed by atoms with Crippen molar-refractivity contribution >= 4 is 27.5 Å². The first kappa shape index (κ1) is 15.4. The third-order valence-electron chi connectivity index (χ3n) is 2.99. The molecule has 2 rings (SSSR count). The molecule has 2 N–H and O–H groups in total. The van der Waals surface area contributed by atoms with Crippen LogP contribution in [0.15, 0.2) is 34.8 Å². The van der Waals surface area contributed by atoms with E-state index in [0.717, 1.165) is 12.1 Å². The molecule has 0 aliphatic carbocycles. The van der Waals surface area contributed by atoms with E-state index in [1.165, 1.54) is 19.1 Å². The van der Waals surface area contributed by atoms with Crippen molar-refractivity contribution in [3.05, 3.63) is 68.2 Å². The first-order chi connectivity index (χ1) is 9.23. The number of hydrogen-bond acceptors (Lipinski definition) is 2. The molecular formula is C14H10BrClF2O2. The Morgan fingerprint density at radius 1 is 1.10 bits per heavy atom. The lowest BCUT2D eigenvalue weighted by atomic mass is 9.96. The van der Waals surface area contributed by atoms with Crippen LogP contribution in [0.1, 0.15) is 16.7 Å². The monoisotopic (exact) mass is 362 g/mol. The van der Waals surface area contributed by atoms with Gasteiger partial charge in [-0.1, -0.05) is 27.5 Å². The van der Waals surface area contributed by atoms with Crippen LogP contribution >= 0.6 is 27.5 Å². The number of hydrogen-bond donors (Lipinski definition) is 2. The molecule has 0 amide bonds. The Bertz CT molecular complexity index is 651. The molecule has 0 aliphatic rings. The van der Waals surface area contributed by atoms with E-state index in [0.29, 0.717) is 4.47 Å². The lowest BCUT2D eigenvalue weighted by molar-refractivity contribution is -0.132. The van der Waals surface area contributed by atoms with Gasteiger partial charge in [-0.15, -0.1) is 0 Å².